The molecule has 0 aromatic carbocycles. The maximum atomic E-state index is 13.3. The molecule has 0 aromatic heterocycles. The van der Waals surface area contributed by atoms with E-state index >= 15 is 0 Å². The minimum Gasteiger partial charge on any atom is -0.394 e. The number of allylic oxidation sites excluding steroid dienone is 9. The first-order chi connectivity index (χ1) is 37.8. The van der Waals surface area contributed by atoms with Gasteiger partial charge in [0.1, 0.15) is 73.2 Å². The molecule has 78 heavy (non-hydrogen) atoms. The molecule has 0 aromatic rings. The number of hydrogen-bond acceptors (Lipinski definition) is 18. The Bertz CT molecular complexity index is 1660. The molecular weight excluding hydrogens is 1010 g/mol. The van der Waals surface area contributed by atoms with E-state index in [9.17, 15) is 61.0 Å². The molecule has 0 saturated carbocycles. The van der Waals surface area contributed by atoms with Crippen LogP contribution in [0.4, 0.5) is 0 Å². The van der Waals surface area contributed by atoms with Crippen molar-refractivity contribution in [3.05, 3.63) is 60.8 Å². The fourth-order valence-corrected chi connectivity index (χ4v) is 9.62. The van der Waals surface area contributed by atoms with E-state index in [1.54, 1.807) is 6.08 Å². The van der Waals surface area contributed by atoms with Crippen LogP contribution in [0.3, 0.4) is 0 Å². The Morgan fingerprint density at radius 1 is 0.462 bits per heavy atom. The molecular formula is C59H103NO18. The van der Waals surface area contributed by atoms with Crippen LogP contribution in [0.1, 0.15) is 174 Å². The maximum absolute atomic E-state index is 13.3. The largest absolute Gasteiger partial charge is 0.394 e. The number of carbonyl (C=O) groups excluding carboxylic acids is 1. The molecule has 1 amide bonds. The van der Waals surface area contributed by atoms with Gasteiger partial charge in [-0.1, -0.05) is 158 Å². The highest BCUT2D eigenvalue weighted by molar-refractivity contribution is 5.76. The molecule has 452 valence electrons. The zero-order chi connectivity index (χ0) is 56.9. The van der Waals surface area contributed by atoms with E-state index in [0.717, 1.165) is 70.6 Å². The van der Waals surface area contributed by atoms with Crippen LogP contribution in [-0.2, 0) is 33.2 Å². The highest BCUT2D eigenvalue weighted by atomic mass is 16.8. The summed E-state index contributed by atoms with van der Waals surface area (Å²) < 4.78 is 34.2. The number of nitrogens with one attached hydrogen (secondary N) is 1. The van der Waals surface area contributed by atoms with Crippen molar-refractivity contribution in [2.75, 3.05) is 26.4 Å². The van der Waals surface area contributed by atoms with Gasteiger partial charge in [0.25, 0.3) is 0 Å². The lowest BCUT2D eigenvalue weighted by molar-refractivity contribution is -0.379. The van der Waals surface area contributed by atoms with Crippen molar-refractivity contribution in [1.82, 2.24) is 5.32 Å². The molecule has 12 N–H and O–H groups in total. The minimum atomic E-state index is -1.98. The number of carbonyl (C=O) groups is 1. The lowest BCUT2D eigenvalue weighted by Crippen LogP contribution is -2.66. The van der Waals surface area contributed by atoms with Gasteiger partial charge in [0.05, 0.1) is 38.6 Å². The van der Waals surface area contributed by atoms with Gasteiger partial charge in [-0.05, 0) is 70.6 Å². The Morgan fingerprint density at radius 3 is 1.37 bits per heavy atom. The van der Waals surface area contributed by atoms with Crippen molar-refractivity contribution >= 4 is 5.91 Å². The van der Waals surface area contributed by atoms with Crippen molar-refractivity contribution in [2.24, 2.45) is 0 Å². The summed E-state index contributed by atoms with van der Waals surface area (Å²) in [7, 11) is 0. The molecule has 0 spiro atoms. The van der Waals surface area contributed by atoms with Gasteiger partial charge in [-0.25, -0.2) is 0 Å². The Balaban J connectivity index is 1.51. The Morgan fingerprint density at radius 2 is 0.859 bits per heavy atom. The number of aliphatic hydroxyl groups excluding tert-OH is 11. The summed E-state index contributed by atoms with van der Waals surface area (Å²) in [5, 5.41) is 120. The molecule has 3 aliphatic heterocycles. The van der Waals surface area contributed by atoms with Crippen LogP contribution in [0.5, 0.6) is 0 Å². The summed E-state index contributed by atoms with van der Waals surface area (Å²) in [6, 6.07) is -0.998. The van der Waals surface area contributed by atoms with Crippen molar-refractivity contribution in [1.29, 1.82) is 0 Å². The fraction of sp³-hybridized carbons (Fsp3) is 0.814. The van der Waals surface area contributed by atoms with Crippen molar-refractivity contribution in [3.63, 3.8) is 0 Å². The average Bonchev–Trinajstić information content (AvgIpc) is 3.46. The van der Waals surface area contributed by atoms with Crippen LogP contribution in [0.15, 0.2) is 60.8 Å². The van der Waals surface area contributed by atoms with E-state index < -0.39 is 124 Å². The zero-order valence-electron chi connectivity index (χ0n) is 46.9. The lowest BCUT2D eigenvalue weighted by atomic mass is 9.96. The topological polar surface area (TPSA) is 307 Å². The normalized spacial score (nSPS) is 30.9. The van der Waals surface area contributed by atoms with E-state index in [0.29, 0.717) is 12.8 Å². The predicted octanol–water partition coefficient (Wildman–Crippen LogP) is 4.87. The highest BCUT2D eigenvalue weighted by Crippen LogP contribution is 2.33. The third-order valence-corrected chi connectivity index (χ3v) is 14.5. The first-order valence-corrected chi connectivity index (χ1v) is 29.5. The molecule has 3 fully saturated rings. The zero-order valence-corrected chi connectivity index (χ0v) is 46.9. The molecule has 0 aliphatic carbocycles. The molecule has 0 radical (unpaired) electrons. The lowest BCUT2D eigenvalue weighted by Gasteiger charge is -2.48. The molecule has 3 heterocycles. The van der Waals surface area contributed by atoms with Gasteiger partial charge in [-0.15, -0.1) is 0 Å². The SMILES string of the molecule is CCCCCCC/C=C\C/C=C\C/C=C\CCCCCCCCC(=O)NC(COC1OC(CO)C(OC2OC(CO)C(OC3OC(CO)C(O)C(O)C3O)C(O)C2O)C(O)C1O)C(O)/C=C/CC/C=C/CCCCCCCC. The Labute approximate surface area is 465 Å². The number of ether oxygens (including phenoxy) is 6. The summed E-state index contributed by atoms with van der Waals surface area (Å²) in [6.07, 6.45) is 20.7. The summed E-state index contributed by atoms with van der Waals surface area (Å²) in [5.74, 6) is -0.302. The van der Waals surface area contributed by atoms with E-state index in [2.05, 4.69) is 67.8 Å². The smallest absolute Gasteiger partial charge is 0.220 e. The molecule has 3 rings (SSSR count). The fourth-order valence-electron chi connectivity index (χ4n) is 9.62. The van der Waals surface area contributed by atoms with E-state index in [4.69, 9.17) is 28.4 Å². The number of unbranched alkanes of at least 4 members (excludes halogenated alkanes) is 18. The van der Waals surface area contributed by atoms with Crippen molar-refractivity contribution in [2.45, 2.75) is 279 Å². The average molecular weight is 1110 g/mol. The standard InChI is InChI=1S/C59H103NO18/c1-3-5-7-9-11-13-15-17-18-19-20-21-22-23-24-25-27-29-31-33-35-37-47(65)60-42(43(64)36-34-32-30-28-26-16-14-12-10-8-6-4-2)41-73-57-53(71)50(68)55(45(39-62)75-57)78-59-54(72)51(69)56(46(40-63)76-59)77-58-52(70)49(67)48(66)44(38-61)74-58/h15,17,19-20,22-23,26,28,34,36,42-46,48-59,61-64,66-72H,3-14,16,18,21,24-25,27,29-33,35,37-41H2,1-2H3,(H,60,65)/b17-15-,20-19-,23-22-,28-26+,36-34+. The summed E-state index contributed by atoms with van der Waals surface area (Å²) in [6.45, 7) is 1.63. The molecule has 19 nitrogen and oxygen atoms in total. The predicted molar refractivity (Wildman–Crippen MR) is 295 cm³/mol. The van der Waals surface area contributed by atoms with Crippen molar-refractivity contribution < 1.29 is 89.4 Å². The quantitative estimate of drug-likeness (QED) is 0.0287. The van der Waals surface area contributed by atoms with E-state index in [-0.39, 0.29) is 18.9 Å². The van der Waals surface area contributed by atoms with Gasteiger partial charge < -0.3 is 89.9 Å². The second-order valence-electron chi connectivity index (χ2n) is 21.1. The molecule has 17 atom stereocenters. The van der Waals surface area contributed by atoms with Crippen LogP contribution in [0.25, 0.3) is 0 Å². The monoisotopic (exact) mass is 1110 g/mol. The van der Waals surface area contributed by atoms with Gasteiger partial charge in [-0.3, -0.25) is 4.79 Å². The first-order valence-electron chi connectivity index (χ1n) is 29.5. The first kappa shape index (κ1) is 69.8. The Hall–Kier alpha value is -2.51. The van der Waals surface area contributed by atoms with Crippen molar-refractivity contribution in [3.8, 4) is 0 Å². The molecule has 0 bridgehead atoms. The van der Waals surface area contributed by atoms with Crippen LogP contribution in [0, 0.1) is 0 Å². The van der Waals surface area contributed by atoms with Crippen LogP contribution in [0.2, 0.25) is 0 Å². The number of amides is 1. The molecule has 17 unspecified atom stereocenters. The molecule has 3 aliphatic rings. The second-order valence-corrected chi connectivity index (χ2v) is 21.1. The summed E-state index contributed by atoms with van der Waals surface area (Å²) in [5.41, 5.74) is 0. The molecule has 3 saturated heterocycles. The number of hydrogen-bond donors (Lipinski definition) is 12. The number of aliphatic hydroxyl groups is 11. The molecule has 19 heteroatoms. The highest BCUT2D eigenvalue weighted by Gasteiger charge is 2.53. The number of rotatable bonds is 42. The van der Waals surface area contributed by atoms with E-state index in [1.165, 1.54) is 70.6 Å². The van der Waals surface area contributed by atoms with E-state index in [1.807, 2.05) is 6.08 Å². The summed E-state index contributed by atoms with van der Waals surface area (Å²) >= 11 is 0. The van der Waals surface area contributed by atoms with Gasteiger partial charge in [0.15, 0.2) is 18.9 Å². The van der Waals surface area contributed by atoms with Crippen LogP contribution >= 0.6 is 0 Å². The summed E-state index contributed by atoms with van der Waals surface area (Å²) in [4.78, 5) is 13.3. The second kappa shape index (κ2) is 42.3. The van der Waals surface area contributed by atoms with Crippen LogP contribution in [-0.4, -0.2) is 193 Å². The van der Waals surface area contributed by atoms with Gasteiger partial charge in [0, 0.05) is 6.42 Å². The van der Waals surface area contributed by atoms with Crippen LogP contribution < -0.4 is 5.32 Å². The minimum absolute atomic E-state index is 0.218. The van der Waals surface area contributed by atoms with Gasteiger partial charge in [0.2, 0.25) is 5.91 Å². The van der Waals surface area contributed by atoms with Gasteiger partial charge >= 0.3 is 0 Å². The van der Waals surface area contributed by atoms with Gasteiger partial charge in [-0.2, -0.15) is 0 Å². The Kier molecular flexibility index (Phi) is 37.9. The maximum Gasteiger partial charge on any atom is 0.220 e. The third kappa shape index (κ3) is 26.2. The third-order valence-electron chi connectivity index (χ3n) is 14.5.